The van der Waals surface area contributed by atoms with Crippen LogP contribution in [0.2, 0.25) is 0 Å². The van der Waals surface area contributed by atoms with Crippen molar-refractivity contribution in [1.29, 1.82) is 0 Å². The fourth-order valence-electron chi connectivity index (χ4n) is 4.07. The van der Waals surface area contributed by atoms with Crippen LogP contribution in [0.1, 0.15) is 39.7 Å². The molecule has 10 heteroatoms. The topological polar surface area (TPSA) is 119 Å². The number of carboxylic acid groups (broad SMARTS) is 1. The van der Waals surface area contributed by atoms with Crippen molar-refractivity contribution < 1.29 is 19.1 Å². The van der Waals surface area contributed by atoms with Crippen LogP contribution < -0.4 is 15.8 Å². The van der Waals surface area contributed by atoms with Crippen molar-refractivity contribution in [3.05, 3.63) is 28.1 Å². The number of nitrogens with one attached hydrogen (secondary N) is 1. The fraction of sp³-hybridized carbons (Fsp3) is 0.565. The number of carbonyl (C=O) groups excluding carboxylic acids is 1. The molecule has 3 rings (SSSR count). The third kappa shape index (κ3) is 5.44. The molecule has 1 aromatic heterocycles. The van der Waals surface area contributed by atoms with Gasteiger partial charge in [0.15, 0.2) is 0 Å². The van der Waals surface area contributed by atoms with E-state index in [2.05, 4.69) is 15.2 Å². The predicted octanol–water partition coefficient (Wildman–Crippen LogP) is 2.74. The molecule has 180 valence electrons. The van der Waals surface area contributed by atoms with Gasteiger partial charge in [-0.25, -0.2) is 9.59 Å². The van der Waals surface area contributed by atoms with E-state index in [1.165, 1.54) is 4.90 Å². The van der Waals surface area contributed by atoms with E-state index in [-0.39, 0.29) is 29.8 Å². The summed E-state index contributed by atoms with van der Waals surface area (Å²) in [5.74, 6) is 0.0441. The molecular formula is C23H33N5O5. The molecule has 1 aliphatic heterocycles. The van der Waals surface area contributed by atoms with Crippen LogP contribution in [0.15, 0.2) is 21.3 Å². The molecule has 10 nitrogen and oxygen atoms in total. The Bertz CT molecular complexity index is 1100. The third-order valence-corrected chi connectivity index (χ3v) is 5.84. The summed E-state index contributed by atoms with van der Waals surface area (Å²) in [6.45, 7) is 12.0. The highest BCUT2D eigenvalue weighted by atomic mass is 16.4. The van der Waals surface area contributed by atoms with Crippen LogP contribution in [-0.2, 0) is 4.79 Å². The lowest BCUT2D eigenvalue weighted by Crippen LogP contribution is -2.48. The number of nitrogens with zero attached hydrogens (tertiary/aromatic N) is 4. The van der Waals surface area contributed by atoms with Gasteiger partial charge < -0.3 is 24.6 Å². The lowest BCUT2D eigenvalue weighted by atomic mass is 10.0. The second-order valence-electron chi connectivity index (χ2n) is 9.63. The van der Waals surface area contributed by atoms with Crippen LogP contribution in [0.5, 0.6) is 0 Å². The van der Waals surface area contributed by atoms with Gasteiger partial charge >= 0.3 is 11.7 Å². The maximum atomic E-state index is 12.8. The van der Waals surface area contributed by atoms with Gasteiger partial charge in [-0.05, 0) is 59.4 Å². The molecule has 1 fully saturated rings. The molecule has 1 saturated heterocycles. The van der Waals surface area contributed by atoms with E-state index in [1.807, 2.05) is 18.9 Å². The Balaban J connectivity index is 1.81. The van der Waals surface area contributed by atoms with E-state index in [0.717, 1.165) is 13.1 Å². The minimum absolute atomic E-state index is 0.0317. The van der Waals surface area contributed by atoms with E-state index in [9.17, 15) is 19.5 Å². The summed E-state index contributed by atoms with van der Waals surface area (Å²) < 4.78 is 5.39. The maximum absolute atomic E-state index is 12.8. The van der Waals surface area contributed by atoms with Gasteiger partial charge in [-0.3, -0.25) is 9.69 Å². The molecule has 1 aromatic carbocycles. The van der Waals surface area contributed by atoms with Gasteiger partial charge in [0.2, 0.25) is 5.91 Å². The predicted molar refractivity (Wildman–Crippen MR) is 127 cm³/mol. The number of piperazine rings is 1. The average Bonchev–Trinajstić information content (AvgIpc) is 2.68. The van der Waals surface area contributed by atoms with E-state index < -0.39 is 17.3 Å². The van der Waals surface area contributed by atoms with Crippen LogP contribution in [-0.4, -0.2) is 76.7 Å². The van der Waals surface area contributed by atoms with Gasteiger partial charge in [-0.1, -0.05) is 0 Å². The number of rotatable bonds is 5. The Morgan fingerprint density at radius 2 is 1.88 bits per heavy atom. The van der Waals surface area contributed by atoms with E-state index >= 15 is 0 Å². The van der Waals surface area contributed by atoms with E-state index in [0.29, 0.717) is 29.9 Å². The maximum Gasteiger partial charge on any atom is 0.412 e. The number of aromatic nitrogens is 1. The van der Waals surface area contributed by atoms with Crippen LogP contribution in [0.4, 0.5) is 16.5 Å². The first-order chi connectivity index (χ1) is 15.4. The van der Waals surface area contributed by atoms with E-state index in [4.69, 9.17) is 4.42 Å². The molecule has 1 aliphatic rings. The molecule has 2 amide bonds. The smallest absolute Gasteiger partial charge is 0.412 e. The highest BCUT2D eigenvalue weighted by Crippen LogP contribution is 2.31. The van der Waals surface area contributed by atoms with Crippen molar-refractivity contribution in [3.63, 3.8) is 0 Å². The minimum Gasteiger partial charge on any atom is -0.465 e. The molecular weight excluding hydrogens is 426 g/mol. The van der Waals surface area contributed by atoms with Gasteiger partial charge in [0.1, 0.15) is 0 Å². The van der Waals surface area contributed by atoms with Crippen molar-refractivity contribution in [2.24, 2.45) is 0 Å². The second-order valence-corrected chi connectivity index (χ2v) is 9.63. The number of fused-ring (bicyclic) bond motifs is 1. The number of amides is 2. The largest absolute Gasteiger partial charge is 0.465 e. The first-order valence-corrected chi connectivity index (χ1v) is 11.1. The molecule has 0 aliphatic carbocycles. The highest BCUT2D eigenvalue weighted by molar-refractivity contribution is 5.94. The van der Waals surface area contributed by atoms with Crippen LogP contribution >= 0.6 is 0 Å². The second kappa shape index (κ2) is 9.38. The zero-order chi connectivity index (χ0) is 24.5. The molecule has 1 atom stereocenters. The van der Waals surface area contributed by atoms with Gasteiger partial charge in [0.05, 0.1) is 16.6 Å². The van der Waals surface area contributed by atoms with Gasteiger partial charge in [0, 0.05) is 44.2 Å². The van der Waals surface area contributed by atoms with Crippen molar-refractivity contribution in [3.8, 4) is 0 Å². The summed E-state index contributed by atoms with van der Waals surface area (Å²) in [7, 11) is 2.03. The van der Waals surface area contributed by atoms with Crippen LogP contribution in [0, 0.1) is 6.92 Å². The Labute approximate surface area is 193 Å². The quantitative estimate of drug-likeness (QED) is 0.701. The number of aryl methyl sites for hydroxylation is 1. The molecule has 33 heavy (non-hydrogen) atoms. The number of carbonyl (C=O) groups is 2. The number of hydrogen-bond acceptors (Lipinski definition) is 7. The average molecular weight is 460 g/mol. The summed E-state index contributed by atoms with van der Waals surface area (Å²) in [5.41, 5.74) is -0.0320. The van der Waals surface area contributed by atoms with Crippen molar-refractivity contribution in [1.82, 2.24) is 14.8 Å². The van der Waals surface area contributed by atoms with Gasteiger partial charge in [-0.2, -0.15) is 4.98 Å². The van der Waals surface area contributed by atoms with Crippen molar-refractivity contribution in [2.45, 2.75) is 52.6 Å². The molecule has 0 unspecified atom stereocenters. The van der Waals surface area contributed by atoms with E-state index in [1.54, 1.807) is 39.8 Å². The fourth-order valence-corrected chi connectivity index (χ4v) is 4.07. The lowest BCUT2D eigenvalue weighted by Gasteiger charge is -2.34. The number of hydrogen-bond donors (Lipinski definition) is 2. The third-order valence-electron chi connectivity index (χ3n) is 5.84. The monoisotopic (exact) mass is 459 g/mol. The Kier molecular flexibility index (Phi) is 6.97. The van der Waals surface area contributed by atoms with Gasteiger partial charge in [-0.15, -0.1) is 0 Å². The number of likely N-dealkylation sites (N-methyl/N-ethyl adjacent to an activating group) is 1. The van der Waals surface area contributed by atoms with Crippen molar-refractivity contribution in [2.75, 3.05) is 43.4 Å². The first-order valence-electron chi connectivity index (χ1n) is 11.1. The number of benzene rings is 1. The van der Waals surface area contributed by atoms with Crippen LogP contribution in [0.3, 0.4) is 0 Å². The molecule has 2 aromatic rings. The Morgan fingerprint density at radius 1 is 1.24 bits per heavy atom. The first kappa shape index (κ1) is 24.5. The summed E-state index contributed by atoms with van der Waals surface area (Å²) in [6.07, 6.45) is -0.857. The SMILES string of the molecule is Cc1c(N(C(=O)O)C(C)(C)C)ccc2nc(N[C@@H](C)CC(=O)N3CCN(C)CC3)oc(=O)c12. The van der Waals surface area contributed by atoms with Gasteiger partial charge in [0.25, 0.3) is 6.01 Å². The molecule has 0 bridgehead atoms. The zero-order valence-electron chi connectivity index (χ0n) is 20.1. The lowest BCUT2D eigenvalue weighted by molar-refractivity contribution is -0.132. The molecule has 0 spiro atoms. The highest BCUT2D eigenvalue weighted by Gasteiger charge is 2.30. The Hall–Kier alpha value is -3.14. The van der Waals surface area contributed by atoms with Crippen LogP contribution in [0.25, 0.3) is 10.9 Å². The zero-order valence-corrected chi connectivity index (χ0v) is 20.1. The molecule has 2 heterocycles. The number of anilines is 2. The normalized spacial score (nSPS) is 16.0. The summed E-state index contributed by atoms with van der Waals surface area (Å²) in [6, 6.07) is 3.01. The Morgan fingerprint density at radius 3 is 2.45 bits per heavy atom. The molecule has 0 saturated carbocycles. The summed E-state index contributed by atoms with van der Waals surface area (Å²) in [5, 5.41) is 13.0. The minimum atomic E-state index is -1.11. The molecule has 0 radical (unpaired) electrons. The standard InChI is InChI=1S/C23H33N5O5/c1-14(13-18(29)27-11-9-26(6)10-12-27)24-21-25-16-7-8-17(15(2)19(16)20(30)33-21)28(22(31)32)23(3,4)5/h7-8,14H,9-13H2,1-6H3,(H,24,25)(H,31,32)/t14-/m0/s1. The summed E-state index contributed by atoms with van der Waals surface area (Å²) in [4.78, 5) is 46.9. The molecule has 2 N–H and O–H groups in total. The van der Waals surface area contributed by atoms with Crippen molar-refractivity contribution >= 4 is 34.6 Å². The summed E-state index contributed by atoms with van der Waals surface area (Å²) >= 11 is 0.